The van der Waals surface area contributed by atoms with Gasteiger partial charge in [0.1, 0.15) is 0 Å². The number of hydrogen-bond acceptors (Lipinski definition) is 4. The van der Waals surface area contributed by atoms with Crippen molar-refractivity contribution in [2.24, 2.45) is 5.92 Å². The van der Waals surface area contributed by atoms with E-state index >= 15 is 0 Å². The third-order valence-corrected chi connectivity index (χ3v) is 4.12. The highest BCUT2D eigenvalue weighted by Crippen LogP contribution is 2.37. The lowest BCUT2D eigenvalue weighted by Gasteiger charge is -2.17. The predicted octanol–water partition coefficient (Wildman–Crippen LogP) is 2.37. The predicted molar refractivity (Wildman–Crippen MR) is 73.2 cm³/mol. The van der Waals surface area contributed by atoms with Gasteiger partial charge in [-0.1, -0.05) is 11.6 Å². The van der Waals surface area contributed by atoms with Crippen LogP contribution in [0, 0.1) is 5.92 Å². The number of rotatable bonds is 4. The van der Waals surface area contributed by atoms with E-state index in [1.165, 1.54) is 0 Å². The lowest BCUT2D eigenvalue weighted by Crippen LogP contribution is -2.21. The number of ether oxygens (including phenoxy) is 2. The molecular formula is C14H16ClNO4. The topological polar surface area (TPSA) is 59.0 Å². The molecule has 1 saturated heterocycles. The van der Waals surface area contributed by atoms with Gasteiger partial charge in [0.15, 0.2) is 11.5 Å². The molecule has 0 aliphatic carbocycles. The molecule has 0 radical (unpaired) electrons. The number of likely N-dealkylation sites (tertiary alicyclic amines) is 1. The first-order valence-electron chi connectivity index (χ1n) is 6.64. The Labute approximate surface area is 122 Å². The zero-order valence-electron chi connectivity index (χ0n) is 11.0. The summed E-state index contributed by atoms with van der Waals surface area (Å²) in [6, 6.07) is 3.69. The van der Waals surface area contributed by atoms with Gasteiger partial charge in [0.25, 0.3) is 0 Å². The third-order valence-electron chi connectivity index (χ3n) is 3.77. The summed E-state index contributed by atoms with van der Waals surface area (Å²) in [6.07, 6.45) is 1.17. The average Bonchev–Trinajstić information content (AvgIpc) is 2.98. The van der Waals surface area contributed by atoms with Crippen molar-refractivity contribution in [3.05, 3.63) is 22.7 Å². The molecule has 2 aliphatic rings. The number of carboxylic acids is 1. The quantitative estimate of drug-likeness (QED) is 0.924. The van der Waals surface area contributed by atoms with Crippen molar-refractivity contribution in [2.75, 3.05) is 19.9 Å². The molecular weight excluding hydrogens is 282 g/mol. The van der Waals surface area contributed by atoms with Crippen LogP contribution in [0.3, 0.4) is 0 Å². The molecule has 1 unspecified atom stereocenters. The summed E-state index contributed by atoms with van der Waals surface area (Å²) in [7, 11) is 0. The second-order valence-electron chi connectivity index (χ2n) is 5.28. The van der Waals surface area contributed by atoms with Crippen LogP contribution >= 0.6 is 11.6 Å². The smallest absolute Gasteiger partial charge is 0.303 e. The van der Waals surface area contributed by atoms with Gasteiger partial charge >= 0.3 is 5.97 Å². The number of benzene rings is 1. The van der Waals surface area contributed by atoms with Crippen LogP contribution in [0.4, 0.5) is 0 Å². The first-order chi connectivity index (χ1) is 9.61. The number of aliphatic carboxylic acids is 1. The summed E-state index contributed by atoms with van der Waals surface area (Å²) in [5.74, 6) is 0.924. The number of fused-ring (bicyclic) bond motifs is 1. The zero-order valence-corrected chi connectivity index (χ0v) is 11.7. The molecule has 0 bridgehead atoms. The van der Waals surface area contributed by atoms with Crippen molar-refractivity contribution in [1.82, 2.24) is 4.90 Å². The highest BCUT2D eigenvalue weighted by atomic mass is 35.5. The molecule has 2 heterocycles. The van der Waals surface area contributed by atoms with Crippen LogP contribution in [-0.4, -0.2) is 35.9 Å². The molecule has 1 atom stereocenters. The summed E-state index contributed by atoms with van der Waals surface area (Å²) < 4.78 is 10.6. The van der Waals surface area contributed by atoms with E-state index in [9.17, 15) is 4.79 Å². The maximum atomic E-state index is 10.7. The Morgan fingerprint density at radius 1 is 1.40 bits per heavy atom. The molecule has 0 saturated carbocycles. The van der Waals surface area contributed by atoms with Gasteiger partial charge in [-0.2, -0.15) is 0 Å². The molecule has 1 fully saturated rings. The molecule has 5 nitrogen and oxygen atoms in total. The number of halogens is 1. The molecule has 0 aromatic heterocycles. The zero-order chi connectivity index (χ0) is 14.1. The van der Waals surface area contributed by atoms with E-state index in [4.69, 9.17) is 26.2 Å². The fourth-order valence-electron chi connectivity index (χ4n) is 2.79. The molecule has 20 heavy (non-hydrogen) atoms. The molecule has 108 valence electrons. The Morgan fingerprint density at radius 2 is 2.15 bits per heavy atom. The molecule has 1 aromatic rings. The highest BCUT2D eigenvalue weighted by Gasteiger charge is 2.25. The fourth-order valence-corrected chi connectivity index (χ4v) is 3.00. The fraction of sp³-hybridized carbons (Fsp3) is 0.500. The van der Waals surface area contributed by atoms with Crippen molar-refractivity contribution in [2.45, 2.75) is 19.4 Å². The van der Waals surface area contributed by atoms with Crippen molar-refractivity contribution in [3.8, 4) is 11.5 Å². The maximum Gasteiger partial charge on any atom is 0.303 e. The van der Waals surface area contributed by atoms with Crippen molar-refractivity contribution < 1.29 is 19.4 Å². The van der Waals surface area contributed by atoms with Gasteiger partial charge in [-0.25, -0.2) is 0 Å². The summed E-state index contributed by atoms with van der Waals surface area (Å²) in [6.45, 7) is 2.66. The van der Waals surface area contributed by atoms with E-state index in [1.807, 2.05) is 6.07 Å². The first-order valence-corrected chi connectivity index (χ1v) is 7.02. The molecule has 1 aromatic carbocycles. The minimum Gasteiger partial charge on any atom is -0.481 e. The van der Waals surface area contributed by atoms with E-state index in [1.54, 1.807) is 6.07 Å². The lowest BCUT2D eigenvalue weighted by molar-refractivity contribution is -0.138. The van der Waals surface area contributed by atoms with Crippen LogP contribution in [0.5, 0.6) is 11.5 Å². The van der Waals surface area contributed by atoms with Gasteiger partial charge in [0.2, 0.25) is 6.79 Å². The van der Waals surface area contributed by atoms with Crippen LogP contribution in [0.25, 0.3) is 0 Å². The van der Waals surface area contributed by atoms with Crippen LogP contribution in [0.1, 0.15) is 18.4 Å². The van der Waals surface area contributed by atoms with Gasteiger partial charge in [-0.05, 0) is 30.5 Å². The molecule has 2 aliphatic heterocycles. The number of hydrogen-bond donors (Lipinski definition) is 1. The monoisotopic (exact) mass is 297 g/mol. The minimum atomic E-state index is -0.724. The Hall–Kier alpha value is -1.46. The van der Waals surface area contributed by atoms with E-state index in [0.717, 1.165) is 30.8 Å². The normalized spacial score (nSPS) is 21.4. The second kappa shape index (κ2) is 5.50. The summed E-state index contributed by atoms with van der Waals surface area (Å²) >= 11 is 6.25. The SMILES string of the molecule is O=C(O)CC1CCN(Cc2cc3c(cc2Cl)OCO3)C1. The molecule has 3 rings (SSSR count). The Balaban J connectivity index is 1.65. The number of nitrogens with zero attached hydrogens (tertiary/aromatic N) is 1. The summed E-state index contributed by atoms with van der Waals surface area (Å²) in [5, 5.41) is 9.49. The van der Waals surface area contributed by atoms with Gasteiger partial charge in [-0.15, -0.1) is 0 Å². The Bertz CT molecular complexity index is 534. The standard InChI is InChI=1S/C14H16ClNO4/c15-11-5-13-12(19-8-20-13)4-10(11)7-16-2-1-9(6-16)3-14(17)18/h4-5,9H,1-3,6-8H2,(H,17,18). The Kier molecular flexibility index (Phi) is 3.72. The van der Waals surface area contributed by atoms with E-state index in [2.05, 4.69) is 4.90 Å². The largest absolute Gasteiger partial charge is 0.481 e. The van der Waals surface area contributed by atoms with Gasteiger partial charge in [-0.3, -0.25) is 9.69 Å². The van der Waals surface area contributed by atoms with Crippen LogP contribution in [0.2, 0.25) is 5.02 Å². The van der Waals surface area contributed by atoms with Crippen LogP contribution in [-0.2, 0) is 11.3 Å². The molecule has 6 heteroatoms. The average molecular weight is 298 g/mol. The number of carbonyl (C=O) groups is 1. The van der Waals surface area contributed by atoms with Crippen molar-refractivity contribution in [1.29, 1.82) is 0 Å². The van der Waals surface area contributed by atoms with Gasteiger partial charge in [0, 0.05) is 30.6 Å². The molecule has 0 spiro atoms. The third kappa shape index (κ3) is 2.83. The molecule has 0 amide bonds. The minimum absolute atomic E-state index is 0.236. The van der Waals surface area contributed by atoms with Gasteiger partial charge in [0.05, 0.1) is 0 Å². The lowest BCUT2D eigenvalue weighted by atomic mass is 10.1. The number of carboxylic acid groups (broad SMARTS) is 1. The van der Waals surface area contributed by atoms with Crippen molar-refractivity contribution >= 4 is 17.6 Å². The first kappa shape index (κ1) is 13.5. The van der Waals surface area contributed by atoms with E-state index in [-0.39, 0.29) is 19.1 Å². The van der Waals surface area contributed by atoms with E-state index in [0.29, 0.717) is 17.3 Å². The highest BCUT2D eigenvalue weighted by molar-refractivity contribution is 6.31. The van der Waals surface area contributed by atoms with Crippen molar-refractivity contribution in [3.63, 3.8) is 0 Å². The van der Waals surface area contributed by atoms with Crippen LogP contribution in [0.15, 0.2) is 12.1 Å². The van der Waals surface area contributed by atoms with E-state index < -0.39 is 5.97 Å². The summed E-state index contributed by atoms with van der Waals surface area (Å²) in [4.78, 5) is 13.0. The second-order valence-corrected chi connectivity index (χ2v) is 5.69. The van der Waals surface area contributed by atoms with Gasteiger partial charge < -0.3 is 14.6 Å². The Morgan fingerprint density at radius 3 is 2.90 bits per heavy atom. The maximum absolute atomic E-state index is 10.7. The van der Waals surface area contributed by atoms with Crippen LogP contribution < -0.4 is 9.47 Å². The summed E-state index contributed by atoms with van der Waals surface area (Å²) in [5.41, 5.74) is 0.992. The molecule has 1 N–H and O–H groups in total.